The molecule has 0 saturated carbocycles. The van der Waals surface area contributed by atoms with Crippen LogP contribution in [0.25, 0.3) is 22.0 Å². The molecule has 8 heteroatoms. The summed E-state index contributed by atoms with van der Waals surface area (Å²) in [5.41, 5.74) is 11.5. The Morgan fingerprint density at radius 2 is 2.00 bits per heavy atom. The maximum Gasteiger partial charge on any atom is 0.258 e. The van der Waals surface area contributed by atoms with Gasteiger partial charge in [0, 0.05) is 35.5 Å². The summed E-state index contributed by atoms with van der Waals surface area (Å²) in [6.07, 6.45) is 3.43. The highest BCUT2D eigenvalue weighted by Gasteiger charge is 2.33. The van der Waals surface area contributed by atoms with Gasteiger partial charge in [0.2, 0.25) is 6.79 Å². The fourth-order valence-electron chi connectivity index (χ4n) is 4.49. The molecule has 0 unspecified atom stereocenters. The summed E-state index contributed by atoms with van der Waals surface area (Å²) in [6.45, 7) is 1.01. The molecule has 4 heterocycles. The number of aromatic nitrogens is 2. The number of nitrogens with two attached hydrogens (primary N) is 1. The molecule has 4 aromatic rings. The third-order valence-corrected chi connectivity index (χ3v) is 6.07. The lowest BCUT2D eigenvalue weighted by Crippen LogP contribution is -2.23. The molecular weight excluding hydrogens is 420 g/mol. The molecule has 0 spiro atoms. The number of anilines is 1. The van der Waals surface area contributed by atoms with E-state index < -0.39 is 0 Å². The smallest absolute Gasteiger partial charge is 0.258 e. The summed E-state index contributed by atoms with van der Waals surface area (Å²) in [6, 6.07) is 13.3. The minimum atomic E-state index is -0.126. The molecule has 8 nitrogen and oxygen atoms in total. The van der Waals surface area contributed by atoms with E-state index in [1.165, 1.54) is 0 Å². The highest BCUT2D eigenvalue weighted by Crippen LogP contribution is 2.39. The van der Waals surface area contributed by atoms with Crippen molar-refractivity contribution in [1.29, 1.82) is 0 Å². The summed E-state index contributed by atoms with van der Waals surface area (Å²) in [5, 5.41) is 0.732. The van der Waals surface area contributed by atoms with Gasteiger partial charge < -0.3 is 24.8 Å². The van der Waals surface area contributed by atoms with E-state index in [9.17, 15) is 4.79 Å². The maximum absolute atomic E-state index is 13.3. The van der Waals surface area contributed by atoms with Gasteiger partial charge in [-0.05, 0) is 23.8 Å². The normalized spacial score (nSPS) is 14.1. The number of nitrogen functional groups attached to an aromatic ring is 1. The summed E-state index contributed by atoms with van der Waals surface area (Å²) >= 11 is 0. The zero-order valence-electron chi connectivity index (χ0n) is 17.9. The number of para-hydroxylation sites is 1. The lowest BCUT2D eigenvalue weighted by Gasteiger charge is -2.15. The van der Waals surface area contributed by atoms with Crippen molar-refractivity contribution < 1.29 is 19.0 Å². The zero-order chi connectivity index (χ0) is 22.5. The van der Waals surface area contributed by atoms with E-state index in [1.807, 2.05) is 42.5 Å². The van der Waals surface area contributed by atoms with Crippen LogP contribution in [-0.2, 0) is 13.1 Å². The maximum atomic E-state index is 13.3. The zero-order valence-corrected chi connectivity index (χ0v) is 17.9. The number of carbonyl (C=O) groups is 1. The van der Waals surface area contributed by atoms with Gasteiger partial charge in [-0.15, -0.1) is 0 Å². The van der Waals surface area contributed by atoms with Gasteiger partial charge in [-0.25, -0.2) is 4.98 Å². The van der Waals surface area contributed by atoms with Gasteiger partial charge in [-0.2, -0.15) is 0 Å². The van der Waals surface area contributed by atoms with E-state index in [0.29, 0.717) is 47.3 Å². The van der Waals surface area contributed by atoms with Gasteiger partial charge in [-0.3, -0.25) is 9.78 Å². The largest absolute Gasteiger partial charge is 0.496 e. The molecule has 2 N–H and O–H groups in total. The molecule has 0 aliphatic carbocycles. The van der Waals surface area contributed by atoms with E-state index in [1.54, 1.807) is 24.4 Å². The Balaban J connectivity index is 1.41. The molecule has 2 aliphatic rings. The van der Waals surface area contributed by atoms with Gasteiger partial charge in [0.25, 0.3) is 5.91 Å². The summed E-state index contributed by atoms with van der Waals surface area (Å²) in [4.78, 5) is 24.2. The van der Waals surface area contributed by atoms with Gasteiger partial charge in [0.15, 0.2) is 11.5 Å². The SMILES string of the molecule is COc1ccncc1-c1cccc2c(N)c3c(nc12)CN(Cc1ccc2c(c1)OCO2)C3=O. The van der Waals surface area contributed by atoms with Crippen LogP contribution >= 0.6 is 0 Å². The first-order chi connectivity index (χ1) is 16.1. The molecule has 0 fully saturated rings. The van der Waals surface area contributed by atoms with E-state index in [2.05, 4.69) is 4.98 Å². The number of ether oxygens (including phenoxy) is 3. The second-order valence-corrected chi connectivity index (χ2v) is 7.97. The van der Waals surface area contributed by atoms with Crippen molar-refractivity contribution in [2.45, 2.75) is 13.1 Å². The predicted octanol–water partition coefficient (Wildman–Crippen LogP) is 3.77. The van der Waals surface area contributed by atoms with Crippen LogP contribution in [0.15, 0.2) is 54.9 Å². The first-order valence-corrected chi connectivity index (χ1v) is 10.5. The van der Waals surface area contributed by atoms with Crippen LogP contribution in [0.1, 0.15) is 21.6 Å². The minimum Gasteiger partial charge on any atom is -0.496 e. The molecule has 2 aromatic heterocycles. The Kier molecular flexibility index (Phi) is 4.33. The number of rotatable bonds is 4. The van der Waals surface area contributed by atoms with Crippen LogP contribution in [0.4, 0.5) is 5.69 Å². The average molecular weight is 440 g/mol. The van der Waals surface area contributed by atoms with Crippen LogP contribution in [-0.4, -0.2) is 34.7 Å². The fraction of sp³-hybridized carbons (Fsp3) is 0.160. The van der Waals surface area contributed by atoms with Crippen LogP contribution in [0, 0.1) is 0 Å². The molecule has 2 aliphatic heterocycles. The minimum absolute atomic E-state index is 0.126. The second kappa shape index (κ2) is 7.37. The number of methoxy groups -OCH3 is 1. The lowest BCUT2D eigenvalue weighted by molar-refractivity contribution is 0.0767. The summed E-state index contributed by atoms with van der Waals surface area (Å²) < 4.78 is 16.4. The second-order valence-electron chi connectivity index (χ2n) is 7.97. The number of hydrogen-bond donors (Lipinski definition) is 1. The molecule has 33 heavy (non-hydrogen) atoms. The first kappa shape index (κ1) is 19.4. The van der Waals surface area contributed by atoms with Crippen molar-refractivity contribution >= 4 is 22.5 Å². The summed E-state index contributed by atoms with van der Waals surface area (Å²) in [5.74, 6) is 1.97. The Morgan fingerprint density at radius 1 is 1.12 bits per heavy atom. The van der Waals surface area contributed by atoms with E-state index in [0.717, 1.165) is 27.6 Å². The Labute approximate surface area is 189 Å². The van der Waals surface area contributed by atoms with Gasteiger partial charge in [0.05, 0.1) is 36.1 Å². The number of amides is 1. The molecular formula is C25H20N4O4. The highest BCUT2D eigenvalue weighted by atomic mass is 16.7. The molecule has 2 aromatic carbocycles. The van der Waals surface area contributed by atoms with Crippen LogP contribution in [0.2, 0.25) is 0 Å². The van der Waals surface area contributed by atoms with Crippen LogP contribution in [0.3, 0.4) is 0 Å². The van der Waals surface area contributed by atoms with Crippen molar-refractivity contribution in [1.82, 2.24) is 14.9 Å². The Morgan fingerprint density at radius 3 is 2.88 bits per heavy atom. The van der Waals surface area contributed by atoms with Crippen molar-refractivity contribution in [3.63, 3.8) is 0 Å². The number of nitrogens with zero attached hydrogens (tertiary/aromatic N) is 3. The third-order valence-electron chi connectivity index (χ3n) is 6.07. The highest BCUT2D eigenvalue weighted by molar-refractivity contribution is 6.11. The van der Waals surface area contributed by atoms with Crippen LogP contribution < -0.4 is 19.9 Å². The number of fused-ring (bicyclic) bond motifs is 3. The van der Waals surface area contributed by atoms with Gasteiger partial charge in [0.1, 0.15) is 5.75 Å². The van der Waals surface area contributed by atoms with E-state index in [4.69, 9.17) is 24.9 Å². The number of benzene rings is 2. The number of hydrogen-bond acceptors (Lipinski definition) is 7. The van der Waals surface area contributed by atoms with Crippen molar-refractivity contribution in [3.05, 3.63) is 71.7 Å². The average Bonchev–Trinajstić information content (AvgIpc) is 3.43. The van der Waals surface area contributed by atoms with Crippen molar-refractivity contribution in [2.75, 3.05) is 19.6 Å². The predicted molar refractivity (Wildman–Crippen MR) is 122 cm³/mol. The molecule has 0 saturated heterocycles. The standard InChI is InChI=1S/C25H20N4O4/c1-31-19-7-8-27-10-17(19)15-3-2-4-16-23(26)22-18(28-24(15)16)12-29(25(22)30)11-14-5-6-20-21(9-14)33-13-32-20/h2-10H,11-13H2,1H3,(H2,26,28). The van der Waals surface area contributed by atoms with Gasteiger partial charge >= 0.3 is 0 Å². The monoisotopic (exact) mass is 440 g/mol. The molecule has 0 bridgehead atoms. The topological polar surface area (TPSA) is 99.8 Å². The molecule has 1 amide bonds. The molecule has 0 radical (unpaired) electrons. The fourth-order valence-corrected chi connectivity index (χ4v) is 4.49. The Hall–Kier alpha value is -4.33. The third kappa shape index (κ3) is 3.02. The molecule has 0 atom stereocenters. The van der Waals surface area contributed by atoms with Crippen LogP contribution in [0.5, 0.6) is 17.2 Å². The Bertz CT molecular complexity index is 1440. The van der Waals surface area contributed by atoms with Crippen molar-refractivity contribution in [2.24, 2.45) is 0 Å². The first-order valence-electron chi connectivity index (χ1n) is 10.5. The van der Waals surface area contributed by atoms with Crippen molar-refractivity contribution in [3.8, 4) is 28.4 Å². The lowest BCUT2D eigenvalue weighted by atomic mass is 9.99. The van der Waals surface area contributed by atoms with E-state index in [-0.39, 0.29) is 12.7 Å². The summed E-state index contributed by atoms with van der Waals surface area (Å²) in [7, 11) is 1.62. The quantitative estimate of drug-likeness (QED) is 0.516. The number of carbonyl (C=O) groups excluding carboxylic acids is 1. The molecule has 164 valence electrons. The number of pyridine rings is 2. The van der Waals surface area contributed by atoms with Gasteiger partial charge in [-0.1, -0.05) is 24.3 Å². The molecule has 6 rings (SSSR count). The van der Waals surface area contributed by atoms with E-state index >= 15 is 0 Å².